The average molecular weight is 375 g/mol. The highest BCUT2D eigenvalue weighted by Gasteiger charge is 2.15. The molecule has 0 bridgehead atoms. The van der Waals surface area contributed by atoms with Crippen molar-refractivity contribution in [3.63, 3.8) is 0 Å². The summed E-state index contributed by atoms with van der Waals surface area (Å²) in [4.78, 5) is 12.4. The van der Waals surface area contributed by atoms with Gasteiger partial charge < -0.3 is 14.6 Å². The molecule has 0 unspecified atom stereocenters. The number of hydrogen-bond donors (Lipinski definition) is 1. The van der Waals surface area contributed by atoms with Gasteiger partial charge in [-0.25, -0.2) is 0 Å². The van der Waals surface area contributed by atoms with Gasteiger partial charge in [-0.3, -0.25) is 4.79 Å². The number of carbonyl (C=O) groups is 1. The van der Waals surface area contributed by atoms with Gasteiger partial charge in [0.05, 0.1) is 18.6 Å². The van der Waals surface area contributed by atoms with Crippen LogP contribution in [0.4, 0.5) is 5.69 Å². The Morgan fingerprint density at radius 2 is 2.19 bits per heavy atom. The first-order valence-electron chi connectivity index (χ1n) is 8.54. The van der Waals surface area contributed by atoms with E-state index in [1.807, 2.05) is 35.8 Å². The quantitative estimate of drug-likeness (QED) is 0.535. The number of benzene rings is 1. The molecule has 0 atom stereocenters. The maximum absolute atomic E-state index is 12.4. The Morgan fingerprint density at radius 3 is 2.85 bits per heavy atom. The highest BCUT2D eigenvalue weighted by atomic mass is 32.2. The molecule has 0 spiro atoms. The molecule has 0 aliphatic carbocycles. The second-order valence-electron chi connectivity index (χ2n) is 6.44. The fourth-order valence-electron chi connectivity index (χ4n) is 2.49. The molecule has 6 nitrogen and oxygen atoms in total. The Bertz CT molecular complexity index is 771. The highest BCUT2D eigenvalue weighted by Crippen LogP contribution is 2.26. The average Bonchev–Trinajstić information content (AvgIpc) is 2.95. The third-order valence-corrected chi connectivity index (χ3v) is 4.62. The van der Waals surface area contributed by atoms with Crippen molar-refractivity contribution in [2.45, 2.75) is 38.9 Å². The number of nitrogens with one attached hydrogen (secondary N) is 1. The number of aryl methyl sites for hydroxylation is 1. The van der Waals surface area contributed by atoms with E-state index in [1.165, 1.54) is 11.8 Å². The molecule has 1 aromatic carbocycles. The molecule has 140 valence electrons. The van der Waals surface area contributed by atoms with Crippen LogP contribution in [0.3, 0.4) is 0 Å². The number of anilines is 1. The zero-order valence-corrected chi connectivity index (χ0v) is 16.6. The Kier molecular flexibility index (Phi) is 7.26. The van der Waals surface area contributed by atoms with Gasteiger partial charge in [-0.1, -0.05) is 37.8 Å². The second kappa shape index (κ2) is 9.43. The van der Waals surface area contributed by atoms with Crippen molar-refractivity contribution in [2.24, 2.45) is 5.92 Å². The summed E-state index contributed by atoms with van der Waals surface area (Å²) in [5.41, 5.74) is 1.73. The van der Waals surface area contributed by atoms with E-state index in [4.69, 9.17) is 4.74 Å². The summed E-state index contributed by atoms with van der Waals surface area (Å²) in [7, 11) is 1.59. The topological polar surface area (TPSA) is 69.0 Å². The minimum atomic E-state index is -0.113. The number of ether oxygens (including phenoxy) is 1. The van der Waals surface area contributed by atoms with Crippen molar-refractivity contribution in [2.75, 3.05) is 18.2 Å². The molecule has 0 radical (unpaired) electrons. The van der Waals surface area contributed by atoms with Gasteiger partial charge in [-0.05, 0) is 30.5 Å². The Labute approximate surface area is 159 Å². The van der Waals surface area contributed by atoms with Crippen LogP contribution in [-0.4, -0.2) is 33.5 Å². The molecule has 2 aromatic rings. The van der Waals surface area contributed by atoms with Crippen molar-refractivity contribution >= 4 is 23.4 Å². The molecule has 1 N–H and O–H groups in total. The van der Waals surface area contributed by atoms with Gasteiger partial charge in [0.2, 0.25) is 5.91 Å². The lowest BCUT2D eigenvalue weighted by atomic mass is 10.1. The standard InChI is InChI=1S/C19H26N4O2S/c1-6-9-23-17(10-13(2)3)21-22-19(23)26-12-18(24)20-15-11-14(4)7-8-16(15)25-5/h6-8,11,13H,1,9-10,12H2,2-5H3,(H,20,24). The van der Waals surface area contributed by atoms with Crippen molar-refractivity contribution < 1.29 is 9.53 Å². The fraction of sp³-hybridized carbons (Fsp3) is 0.421. The van der Waals surface area contributed by atoms with Crippen LogP contribution < -0.4 is 10.1 Å². The number of hydrogen-bond acceptors (Lipinski definition) is 5. The zero-order chi connectivity index (χ0) is 19.1. The number of methoxy groups -OCH3 is 1. The first kappa shape index (κ1) is 20.0. The predicted octanol–water partition coefficient (Wildman–Crippen LogP) is 3.71. The van der Waals surface area contributed by atoms with E-state index < -0.39 is 0 Å². The maximum atomic E-state index is 12.4. The second-order valence-corrected chi connectivity index (χ2v) is 7.38. The molecule has 0 fully saturated rings. The summed E-state index contributed by atoms with van der Waals surface area (Å²) in [6, 6.07) is 5.68. The summed E-state index contributed by atoms with van der Waals surface area (Å²) < 4.78 is 7.31. The number of aromatic nitrogens is 3. The maximum Gasteiger partial charge on any atom is 0.234 e. The van der Waals surface area contributed by atoms with Gasteiger partial charge >= 0.3 is 0 Å². The number of rotatable bonds is 9. The van der Waals surface area contributed by atoms with Crippen molar-refractivity contribution in [3.05, 3.63) is 42.2 Å². The predicted molar refractivity (Wildman–Crippen MR) is 106 cm³/mol. The first-order chi connectivity index (χ1) is 12.4. The van der Waals surface area contributed by atoms with Crippen LogP contribution in [-0.2, 0) is 17.8 Å². The fourth-order valence-corrected chi connectivity index (χ4v) is 3.26. The Balaban J connectivity index is 2.04. The third-order valence-electron chi connectivity index (χ3n) is 3.66. The van der Waals surface area contributed by atoms with Gasteiger partial charge in [0.25, 0.3) is 0 Å². The van der Waals surface area contributed by atoms with Crippen molar-refractivity contribution in [1.82, 2.24) is 14.8 Å². The minimum Gasteiger partial charge on any atom is -0.495 e. The van der Waals surface area contributed by atoms with Gasteiger partial charge in [-0.2, -0.15) is 0 Å². The summed E-state index contributed by atoms with van der Waals surface area (Å²) in [5.74, 6) is 2.18. The molecule has 26 heavy (non-hydrogen) atoms. The molecule has 1 heterocycles. The van der Waals surface area contributed by atoms with E-state index in [-0.39, 0.29) is 11.7 Å². The lowest BCUT2D eigenvalue weighted by Gasteiger charge is -2.11. The van der Waals surface area contributed by atoms with Crippen LogP contribution >= 0.6 is 11.8 Å². The molecular formula is C19H26N4O2S. The van der Waals surface area contributed by atoms with E-state index in [0.29, 0.717) is 23.9 Å². The van der Waals surface area contributed by atoms with Gasteiger partial charge in [0, 0.05) is 13.0 Å². The molecule has 7 heteroatoms. The molecule has 1 amide bonds. The lowest BCUT2D eigenvalue weighted by Crippen LogP contribution is -2.15. The third kappa shape index (κ3) is 5.36. The van der Waals surface area contributed by atoms with Crippen LogP contribution in [0.25, 0.3) is 0 Å². The number of carbonyl (C=O) groups excluding carboxylic acids is 1. The van der Waals surface area contributed by atoms with Crippen molar-refractivity contribution in [3.8, 4) is 5.75 Å². The molecule has 0 aliphatic heterocycles. The largest absolute Gasteiger partial charge is 0.495 e. The van der Waals surface area contributed by atoms with E-state index in [0.717, 1.165) is 23.0 Å². The highest BCUT2D eigenvalue weighted by molar-refractivity contribution is 7.99. The molecule has 0 saturated carbocycles. The van der Waals surface area contributed by atoms with Crippen LogP contribution in [0.15, 0.2) is 36.0 Å². The zero-order valence-electron chi connectivity index (χ0n) is 15.8. The summed E-state index contributed by atoms with van der Waals surface area (Å²) in [6.07, 6.45) is 2.66. The van der Waals surface area contributed by atoms with Crippen LogP contribution in [0.2, 0.25) is 0 Å². The summed E-state index contributed by atoms with van der Waals surface area (Å²) >= 11 is 1.37. The van der Waals surface area contributed by atoms with Gasteiger partial charge in [0.15, 0.2) is 5.16 Å². The normalized spacial score (nSPS) is 10.8. The molecule has 0 aliphatic rings. The first-order valence-corrected chi connectivity index (χ1v) is 9.53. The number of allylic oxidation sites excluding steroid dienone is 1. The van der Waals surface area contributed by atoms with E-state index in [9.17, 15) is 4.79 Å². The molecule has 1 aromatic heterocycles. The number of nitrogens with zero attached hydrogens (tertiary/aromatic N) is 3. The smallest absolute Gasteiger partial charge is 0.234 e. The van der Waals surface area contributed by atoms with Gasteiger partial charge in [0.1, 0.15) is 11.6 Å². The molecule has 2 rings (SSSR count). The number of amides is 1. The number of thioether (sulfide) groups is 1. The van der Waals surface area contributed by atoms with Gasteiger partial charge in [-0.15, -0.1) is 16.8 Å². The SMILES string of the molecule is C=CCn1c(CC(C)C)nnc1SCC(=O)Nc1cc(C)ccc1OC. The minimum absolute atomic E-state index is 0.113. The molecule has 0 saturated heterocycles. The van der Waals surface area contributed by atoms with E-state index in [1.54, 1.807) is 7.11 Å². The summed E-state index contributed by atoms with van der Waals surface area (Å²) in [6.45, 7) is 10.7. The van der Waals surface area contributed by atoms with Crippen molar-refractivity contribution in [1.29, 1.82) is 0 Å². The van der Waals surface area contributed by atoms with E-state index in [2.05, 4.69) is 35.9 Å². The van der Waals surface area contributed by atoms with Crippen LogP contribution in [0.1, 0.15) is 25.2 Å². The molecular weight excluding hydrogens is 348 g/mol. The monoisotopic (exact) mass is 374 g/mol. The van der Waals surface area contributed by atoms with Crippen LogP contribution in [0, 0.1) is 12.8 Å². The lowest BCUT2D eigenvalue weighted by molar-refractivity contribution is -0.113. The Hall–Kier alpha value is -2.28. The Morgan fingerprint density at radius 1 is 1.42 bits per heavy atom. The van der Waals surface area contributed by atoms with E-state index >= 15 is 0 Å². The summed E-state index contributed by atoms with van der Waals surface area (Å²) in [5, 5.41) is 12.1. The van der Waals surface area contributed by atoms with Crippen LogP contribution in [0.5, 0.6) is 5.75 Å².